The second kappa shape index (κ2) is 6.81. The summed E-state index contributed by atoms with van der Waals surface area (Å²) in [6.45, 7) is 0. The molecule has 2 aromatic carbocycles. The highest BCUT2D eigenvalue weighted by Crippen LogP contribution is 2.27. The van der Waals surface area contributed by atoms with Gasteiger partial charge >= 0.3 is 0 Å². The van der Waals surface area contributed by atoms with E-state index in [4.69, 9.17) is 11.6 Å². The minimum Gasteiger partial charge on any atom is -0.573 e. The van der Waals surface area contributed by atoms with Gasteiger partial charge in [-0.05, 0) is 29.0 Å². The molecule has 0 spiro atoms. The van der Waals surface area contributed by atoms with Crippen molar-refractivity contribution < 1.29 is 8.42 Å². The Balaban J connectivity index is 1.77. The van der Waals surface area contributed by atoms with Crippen LogP contribution in [0.1, 0.15) is 5.56 Å². The van der Waals surface area contributed by atoms with Crippen molar-refractivity contribution in [2.75, 3.05) is 0 Å². The van der Waals surface area contributed by atoms with E-state index in [2.05, 4.69) is 25.3 Å². The number of nitrogens with one attached hydrogen (secondary N) is 1. The highest BCUT2D eigenvalue weighted by Gasteiger charge is 2.02. The maximum Gasteiger partial charge on any atom is 0.204 e. The summed E-state index contributed by atoms with van der Waals surface area (Å²) < 4.78 is 28.0. The molecule has 0 aliphatic heterocycles. The molecule has 122 valence electrons. The molecule has 0 saturated heterocycles. The van der Waals surface area contributed by atoms with Crippen LogP contribution in [0.2, 0.25) is 5.02 Å². The van der Waals surface area contributed by atoms with Gasteiger partial charge in [0.1, 0.15) is 10.0 Å². The van der Waals surface area contributed by atoms with Gasteiger partial charge in [-0.1, -0.05) is 48.0 Å². The molecular formula is C15H11ClN5O2S-. The van der Waals surface area contributed by atoms with E-state index in [9.17, 15) is 8.42 Å². The molecule has 1 N–H and O–H groups in total. The number of aromatic nitrogens is 4. The molecule has 0 aliphatic carbocycles. The summed E-state index contributed by atoms with van der Waals surface area (Å²) in [5, 5.41) is 15.1. The number of H-pyrrole nitrogens is 1. The number of nitrogens with zero attached hydrogens (tertiary/aromatic N) is 4. The van der Waals surface area contributed by atoms with Crippen LogP contribution in [-0.4, -0.2) is 29.0 Å². The minimum absolute atomic E-state index is 0.276. The summed E-state index contributed by atoms with van der Waals surface area (Å²) in [6, 6.07) is 13.3. The Morgan fingerprint density at radius 3 is 2.62 bits per heavy atom. The molecule has 1 aromatic heterocycles. The van der Waals surface area contributed by atoms with E-state index in [1.54, 1.807) is 48.5 Å². The van der Waals surface area contributed by atoms with E-state index in [0.717, 1.165) is 5.41 Å². The predicted molar refractivity (Wildman–Crippen MR) is 92.0 cm³/mol. The molecule has 0 atom stereocenters. The molecule has 7 nitrogen and oxygen atoms in total. The fourth-order valence-corrected chi connectivity index (χ4v) is 2.83. The topological polar surface area (TPSA) is 103 Å². The Hall–Kier alpha value is -2.71. The summed E-state index contributed by atoms with van der Waals surface area (Å²) in [7, 11) is -3.78. The number of hydrogen-bond acceptors (Lipinski definition) is 5. The van der Waals surface area contributed by atoms with Gasteiger partial charge in [-0.25, -0.2) is 8.42 Å². The zero-order valence-electron chi connectivity index (χ0n) is 12.2. The lowest BCUT2D eigenvalue weighted by Gasteiger charge is -2.19. The lowest BCUT2D eigenvalue weighted by Crippen LogP contribution is -1.91. The smallest absolute Gasteiger partial charge is 0.204 e. The molecule has 0 radical (unpaired) electrons. The monoisotopic (exact) mass is 360 g/mol. The Kier molecular flexibility index (Phi) is 4.59. The van der Waals surface area contributed by atoms with Crippen LogP contribution < -0.4 is 0 Å². The number of tetrazole rings is 1. The maximum atomic E-state index is 12.1. The number of hydrogen-bond donors (Lipinski definition) is 1. The second-order valence-corrected chi connectivity index (χ2v) is 6.67. The van der Waals surface area contributed by atoms with Gasteiger partial charge in [0.05, 0.1) is 0 Å². The average Bonchev–Trinajstić information content (AvgIpc) is 3.09. The van der Waals surface area contributed by atoms with Crippen molar-refractivity contribution in [2.45, 2.75) is 0 Å². The van der Waals surface area contributed by atoms with Crippen LogP contribution >= 0.6 is 11.6 Å². The van der Waals surface area contributed by atoms with Crippen LogP contribution in [0.15, 0.2) is 53.9 Å². The van der Waals surface area contributed by atoms with E-state index in [1.165, 1.54) is 6.08 Å². The molecule has 9 heteroatoms. The summed E-state index contributed by atoms with van der Waals surface area (Å²) >= 11 is 5.79. The third-order valence-corrected chi connectivity index (χ3v) is 4.18. The maximum absolute atomic E-state index is 12.1. The Labute approximate surface area is 143 Å². The average molecular weight is 361 g/mol. The minimum atomic E-state index is -3.78. The zero-order chi connectivity index (χ0) is 17.0. The van der Waals surface area contributed by atoms with Crippen LogP contribution in [0.3, 0.4) is 0 Å². The number of rotatable bonds is 5. The Morgan fingerprint density at radius 2 is 1.92 bits per heavy atom. The lowest BCUT2D eigenvalue weighted by atomic mass is 10.2. The molecule has 0 fully saturated rings. The standard InChI is InChI=1S/C15H11ClN5O2S/c16-13-6-4-11(5-7-13)8-9-24(22,23)19-14-3-1-2-12(10-14)15-17-20-21-18-15/h1-10H,(H,17,18,20,21)/q-1/b9-8+. The van der Waals surface area contributed by atoms with Crippen LogP contribution in [0.5, 0.6) is 0 Å². The Bertz CT molecular complexity index is 954. The second-order valence-electron chi connectivity index (χ2n) is 4.75. The first-order valence-electron chi connectivity index (χ1n) is 6.77. The van der Waals surface area contributed by atoms with Crippen molar-refractivity contribution in [3.05, 3.63) is 69.2 Å². The lowest BCUT2D eigenvalue weighted by molar-refractivity contribution is 0.611. The Morgan fingerprint density at radius 1 is 1.12 bits per heavy atom. The molecule has 3 rings (SSSR count). The first-order chi connectivity index (χ1) is 11.5. The molecule has 0 bridgehead atoms. The van der Waals surface area contributed by atoms with Gasteiger partial charge in [0.25, 0.3) is 0 Å². The van der Waals surface area contributed by atoms with E-state index >= 15 is 0 Å². The third kappa shape index (κ3) is 4.18. The van der Waals surface area contributed by atoms with E-state index in [0.29, 0.717) is 22.0 Å². The summed E-state index contributed by atoms with van der Waals surface area (Å²) in [5.74, 6) is 0.362. The number of benzene rings is 2. The fraction of sp³-hybridized carbons (Fsp3) is 0. The molecule has 0 saturated carbocycles. The van der Waals surface area contributed by atoms with E-state index in [1.807, 2.05) is 0 Å². The van der Waals surface area contributed by atoms with E-state index < -0.39 is 10.0 Å². The van der Waals surface area contributed by atoms with Crippen molar-refractivity contribution in [3.63, 3.8) is 0 Å². The molecule has 0 amide bonds. The van der Waals surface area contributed by atoms with Gasteiger partial charge in [-0.3, -0.25) is 0 Å². The molecule has 24 heavy (non-hydrogen) atoms. The van der Waals surface area contributed by atoms with Gasteiger partial charge in [-0.15, -0.1) is 15.9 Å². The van der Waals surface area contributed by atoms with Crippen molar-refractivity contribution in [1.29, 1.82) is 0 Å². The molecule has 0 unspecified atom stereocenters. The van der Waals surface area contributed by atoms with Crippen molar-refractivity contribution in [3.8, 4) is 11.4 Å². The van der Waals surface area contributed by atoms with Gasteiger partial charge in [0.15, 0.2) is 0 Å². The van der Waals surface area contributed by atoms with Crippen LogP contribution in [0.4, 0.5) is 5.69 Å². The number of sulfonamides is 1. The zero-order valence-corrected chi connectivity index (χ0v) is 13.7. The van der Waals surface area contributed by atoms with Crippen LogP contribution in [0, 0.1) is 0 Å². The van der Waals surface area contributed by atoms with Crippen LogP contribution in [-0.2, 0) is 10.0 Å². The third-order valence-electron chi connectivity index (χ3n) is 2.98. The summed E-state index contributed by atoms with van der Waals surface area (Å²) in [6.07, 6.45) is 1.46. The quantitative estimate of drug-likeness (QED) is 0.749. The normalized spacial score (nSPS) is 11.7. The van der Waals surface area contributed by atoms with E-state index in [-0.39, 0.29) is 5.69 Å². The SMILES string of the molecule is O=S(=O)(/C=C/c1ccc(Cl)cc1)[N-]c1cccc(-c2nn[nH]n2)c1. The highest BCUT2D eigenvalue weighted by molar-refractivity contribution is 7.97. The molecular weight excluding hydrogens is 350 g/mol. The largest absolute Gasteiger partial charge is 0.573 e. The fourth-order valence-electron chi connectivity index (χ4n) is 1.90. The first kappa shape index (κ1) is 16.2. The van der Waals surface area contributed by atoms with Crippen molar-refractivity contribution in [1.82, 2.24) is 20.6 Å². The van der Waals surface area contributed by atoms with Gasteiger partial charge in [0, 0.05) is 16.0 Å². The predicted octanol–water partition coefficient (Wildman–Crippen LogP) is 3.53. The first-order valence-corrected chi connectivity index (χ1v) is 8.65. The van der Waals surface area contributed by atoms with Gasteiger partial charge < -0.3 is 4.72 Å². The summed E-state index contributed by atoms with van der Waals surface area (Å²) in [4.78, 5) is 0. The molecule has 3 aromatic rings. The van der Waals surface area contributed by atoms with Gasteiger partial charge in [0.2, 0.25) is 5.82 Å². The highest BCUT2D eigenvalue weighted by atomic mass is 35.5. The molecule has 1 heterocycles. The molecule has 0 aliphatic rings. The van der Waals surface area contributed by atoms with Crippen molar-refractivity contribution in [2.24, 2.45) is 0 Å². The van der Waals surface area contributed by atoms with Crippen molar-refractivity contribution >= 4 is 33.4 Å². The van der Waals surface area contributed by atoms with Gasteiger partial charge in [-0.2, -0.15) is 5.21 Å². The number of halogens is 1. The number of aromatic amines is 1. The van der Waals surface area contributed by atoms with Crippen LogP contribution in [0.25, 0.3) is 22.2 Å². The summed E-state index contributed by atoms with van der Waals surface area (Å²) in [5.41, 5.74) is 1.60.